The molecule has 0 aromatic rings. The summed E-state index contributed by atoms with van der Waals surface area (Å²) in [7, 11) is 0. The zero-order chi connectivity index (χ0) is 15.6. The van der Waals surface area contributed by atoms with Crippen LogP contribution in [-0.4, -0.2) is 0 Å². The number of hydrogen-bond donors (Lipinski definition) is 0. The van der Waals surface area contributed by atoms with Gasteiger partial charge in [0, 0.05) is 0 Å². The second-order valence-electron chi connectivity index (χ2n) is 9.33. The van der Waals surface area contributed by atoms with E-state index >= 15 is 0 Å². The molecule has 2 rings (SSSR count). The summed E-state index contributed by atoms with van der Waals surface area (Å²) in [4.78, 5) is 0. The van der Waals surface area contributed by atoms with Gasteiger partial charge in [0.15, 0.2) is 0 Å². The van der Waals surface area contributed by atoms with Crippen molar-refractivity contribution in [3.63, 3.8) is 0 Å². The zero-order valence-electron chi connectivity index (χ0n) is 15.6. The van der Waals surface area contributed by atoms with E-state index in [4.69, 9.17) is 0 Å². The summed E-state index contributed by atoms with van der Waals surface area (Å²) in [6.45, 7) is 14.8. The Labute approximate surface area is 134 Å². The van der Waals surface area contributed by atoms with Gasteiger partial charge in [0.25, 0.3) is 0 Å². The molecule has 0 nitrogen and oxygen atoms in total. The third-order valence-electron chi connectivity index (χ3n) is 7.04. The molecule has 2 aliphatic rings. The Balaban J connectivity index is 2.11. The van der Waals surface area contributed by atoms with E-state index in [0.29, 0.717) is 0 Å². The first kappa shape index (κ1) is 17.4. The van der Waals surface area contributed by atoms with Crippen LogP contribution in [0, 0.1) is 47.3 Å². The Hall–Kier alpha value is 0. The molecule has 2 fully saturated rings. The number of hydrogen-bond acceptors (Lipinski definition) is 0. The average Bonchev–Trinajstić information content (AvgIpc) is 2.46. The summed E-state index contributed by atoms with van der Waals surface area (Å²) in [6, 6.07) is 0. The zero-order valence-corrected chi connectivity index (χ0v) is 15.6. The normalized spacial score (nSPS) is 38.4. The molecule has 4 atom stereocenters. The van der Waals surface area contributed by atoms with Gasteiger partial charge in [-0.1, -0.05) is 54.4 Å². The maximum atomic E-state index is 2.48. The second-order valence-corrected chi connectivity index (χ2v) is 9.33. The molecule has 21 heavy (non-hydrogen) atoms. The molecular formula is C21H40. The molecular weight excluding hydrogens is 252 g/mol. The minimum Gasteiger partial charge on any atom is -0.0625 e. The van der Waals surface area contributed by atoms with Gasteiger partial charge in [0.05, 0.1) is 0 Å². The van der Waals surface area contributed by atoms with Gasteiger partial charge in [-0.15, -0.1) is 0 Å². The highest BCUT2D eigenvalue weighted by molar-refractivity contribution is 4.89. The lowest BCUT2D eigenvalue weighted by atomic mass is 9.59. The monoisotopic (exact) mass is 292 g/mol. The molecule has 0 heteroatoms. The van der Waals surface area contributed by atoms with Gasteiger partial charge in [-0.2, -0.15) is 0 Å². The van der Waals surface area contributed by atoms with E-state index in [1.165, 1.54) is 44.9 Å². The first-order valence-electron chi connectivity index (χ1n) is 9.90. The molecule has 2 saturated carbocycles. The molecule has 4 unspecified atom stereocenters. The smallest absolute Gasteiger partial charge is 0.0355 e. The van der Waals surface area contributed by atoms with Crippen molar-refractivity contribution in [3.05, 3.63) is 0 Å². The Morgan fingerprint density at radius 3 is 1.62 bits per heavy atom. The lowest BCUT2D eigenvalue weighted by molar-refractivity contribution is 0.0372. The quantitative estimate of drug-likeness (QED) is 0.535. The van der Waals surface area contributed by atoms with Crippen LogP contribution in [0.2, 0.25) is 0 Å². The van der Waals surface area contributed by atoms with Gasteiger partial charge < -0.3 is 0 Å². The predicted octanol–water partition coefficient (Wildman–Crippen LogP) is 6.79. The van der Waals surface area contributed by atoms with E-state index < -0.39 is 0 Å². The Bertz CT molecular complexity index is 285. The highest BCUT2D eigenvalue weighted by atomic mass is 14.4. The molecule has 0 heterocycles. The SMILES string of the molecule is CC(C)C1CC(C(C)C)CC(C2CCCCC2C(C)C)C1. The van der Waals surface area contributed by atoms with Gasteiger partial charge in [-0.05, 0) is 79.4 Å². The molecule has 0 amide bonds. The van der Waals surface area contributed by atoms with Crippen LogP contribution in [0.1, 0.15) is 86.5 Å². The third-order valence-corrected chi connectivity index (χ3v) is 7.04. The fraction of sp³-hybridized carbons (Fsp3) is 1.00. The standard InChI is InChI=1S/C21H40/c1-14(2)17-11-18(15(3)4)13-19(12-17)21-10-8-7-9-20(21)16(5)6/h14-21H,7-13H2,1-6H3. The van der Waals surface area contributed by atoms with E-state index in [1.54, 1.807) is 0 Å². The van der Waals surface area contributed by atoms with Crippen molar-refractivity contribution in [2.75, 3.05) is 0 Å². The van der Waals surface area contributed by atoms with Crippen LogP contribution >= 0.6 is 0 Å². The summed E-state index contributed by atoms with van der Waals surface area (Å²) in [6.07, 6.45) is 10.6. The first-order valence-corrected chi connectivity index (χ1v) is 9.90. The molecule has 124 valence electrons. The van der Waals surface area contributed by atoms with Gasteiger partial charge in [0.1, 0.15) is 0 Å². The van der Waals surface area contributed by atoms with Gasteiger partial charge >= 0.3 is 0 Å². The Kier molecular flexibility index (Phi) is 6.21. The molecule has 0 aliphatic heterocycles. The molecule has 0 saturated heterocycles. The molecule has 0 aromatic carbocycles. The molecule has 0 spiro atoms. The summed E-state index contributed by atoms with van der Waals surface area (Å²) >= 11 is 0. The Morgan fingerprint density at radius 2 is 1.14 bits per heavy atom. The van der Waals surface area contributed by atoms with Crippen LogP contribution in [0.5, 0.6) is 0 Å². The minimum absolute atomic E-state index is 0.884. The van der Waals surface area contributed by atoms with Crippen molar-refractivity contribution >= 4 is 0 Å². The summed E-state index contributed by atoms with van der Waals surface area (Å²) in [5.41, 5.74) is 0. The summed E-state index contributed by atoms with van der Waals surface area (Å²) in [5.74, 6) is 7.74. The van der Waals surface area contributed by atoms with Crippen LogP contribution in [0.4, 0.5) is 0 Å². The van der Waals surface area contributed by atoms with Crippen molar-refractivity contribution in [1.29, 1.82) is 0 Å². The second kappa shape index (κ2) is 7.51. The number of rotatable bonds is 4. The van der Waals surface area contributed by atoms with Crippen LogP contribution in [0.3, 0.4) is 0 Å². The highest BCUT2D eigenvalue weighted by Gasteiger charge is 2.39. The van der Waals surface area contributed by atoms with Gasteiger partial charge in [-0.25, -0.2) is 0 Å². The fourth-order valence-electron chi connectivity index (χ4n) is 5.49. The van der Waals surface area contributed by atoms with Crippen molar-refractivity contribution in [2.24, 2.45) is 47.3 Å². The van der Waals surface area contributed by atoms with Crippen LogP contribution in [0.25, 0.3) is 0 Å². The third kappa shape index (κ3) is 4.26. The average molecular weight is 293 g/mol. The van der Waals surface area contributed by atoms with E-state index in [0.717, 1.165) is 47.3 Å². The van der Waals surface area contributed by atoms with E-state index in [-0.39, 0.29) is 0 Å². The maximum absolute atomic E-state index is 2.48. The van der Waals surface area contributed by atoms with E-state index in [2.05, 4.69) is 41.5 Å². The van der Waals surface area contributed by atoms with Crippen LogP contribution < -0.4 is 0 Å². The van der Waals surface area contributed by atoms with Gasteiger partial charge in [0.2, 0.25) is 0 Å². The molecule has 0 radical (unpaired) electrons. The maximum Gasteiger partial charge on any atom is -0.0355 e. The van der Waals surface area contributed by atoms with E-state index in [9.17, 15) is 0 Å². The Morgan fingerprint density at radius 1 is 0.619 bits per heavy atom. The molecule has 0 bridgehead atoms. The van der Waals surface area contributed by atoms with E-state index in [1.807, 2.05) is 0 Å². The largest absolute Gasteiger partial charge is 0.0625 e. The predicted molar refractivity (Wildman–Crippen MR) is 94.3 cm³/mol. The summed E-state index contributed by atoms with van der Waals surface area (Å²) in [5, 5.41) is 0. The van der Waals surface area contributed by atoms with Crippen molar-refractivity contribution in [2.45, 2.75) is 86.5 Å². The molecule has 0 aromatic heterocycles. The molecule has 2 aliphatic carbocycles. The lowest BCUT2D eigenvalue weighted by Crippen LogP contribution is -2.37. The van der Waals surface area contributed by atoms with Crippen molar-refractivity contribution in [3.8, 4) is 0 Å². The van der Waals surface area contributed by atoms with Crippen LogP contribution in [0.15, 0.2) is 0 Å². The highest BCUT2D eigenvalue weighted by Crippen LogP contribution is 2.49. The van der Waals surface area contributed by atoms with Gasteiger partial charge in [-0.3, -0.25) is 0 Å². The van der Waals surface area contributed by atoms with Crippen molar-refractivity contribution in [1.82, 2.24) is 0 Å². The summed E-state index contributed by atoms with van der Waals surface area (Å²) < 4.78 is 0. The van der Waals surface area contributed by atoms with Crippen LogP contribution in [-0.2, 0) is 0 Å². The fourth-order valence-corrected chi connectivity index (χ4v) is 5.49. The lowest BCUT2D eigenvalue weighted by Gasteiger charge is -2.46. The molecule has 0 N–H and O–H groups in total. The topological polar surface area (TPSA) is 0 Å². The first-order chi connectivity index (χ1) is 9.90. The van der Waals surface area contributed by atoms with Crippen molar-refractivity contribution < 1.29 is 0 Å². The minimum atomic E-state index is 0.884.